The smallest absolute Gasteiger partial charge is 0.263 e. The maximum Gasteiger partial charge on any atom is 0.263 e. The molecule has 2 aromatic rings. The average molecular weight is 288 g/mol. The van der Waals surface area contributed by atoms with Crippen molar-refractivity contribution in [3.63, 3.8) is 0 Å². The molecular weight excluding hydrogens is 268 g/mol. The fourth-order valence-corrected chi connectivity index (χ4v) is 1.16. The maximum absolute atomic E-state index is 11.4. The number of hydrogen-bond donors (Lipinski definition) is 2. The molecule has 21 heavy (non-hydrogen) atoms. The van der Waals surface area contributed by atoms with Crippen LogP contribution in [0.1, 0.15) is 44.1 Å². The Kier molecular flexibility index (Phi) is 6.77. The van der Waals surface area contributed by atoms with E-state index in [1.165, 1.54) is 12.4 Å². The van der Waals surface area contributed by atoms with Crippen LogP contribution in [0.5, 0.6) is 0 Å². The summed E-state index contributed by atoms with van der Waals surface area (Å²) >= 11 is 0. The number of nitrogens with zero attached hydrogens (tertiary/aromatic N) is 4. The highest BCUT2D eigenvalue weighted by Crippen LogP contribution is 1.98. The van der Waals surface area contributed by atoms with Gasteiger partial charge in [0.05, 0.1) is 18.1 Å². The van der Waals surface area contributed by atoms with Crippen molar-refractivity contribution in [2.45, 2.75) is 39.8 Å². The number of rotatable bonds is 4. The molecule has 2 heterocycles. The SMILES string of the molecule is CC(C)N=C=NC(C)C.O=C(c1ncc[nH]1)c1ncc[nH]1. The van der Waals surface area contributed by atoms with Crippen molar-refractivity contribution in [1.29, 1.82) is 0 Å². The van der Waals surface area contributed by atoms with Gasteiger partial charge in [-0.15, -0.1) is 0 Å². The highest BCUT2D eigenvalue weighted by molar-refractivity contribution is 6.03. The van der Waals surface area contributed by atoms with E-state index in [4.69, 9.17) is 0 Å². The van der Waals surface area contributed by atoms with Crippen LogP contribution in [0.3, 0.4) is 0 Å². The summed E-state index contributed by atoms with van der Waals surface area (Å²) in [4.78, 5) is 32.3. The highest BCUT2D eigenvalue weighted by Gasteiger charge is 2.12. The lowest BCUT2D eigenvalue weighted by Gasteiger charge is -1.89. The average Bonchev–Trinajstić information content (AvgIpc) is 3.11. The monoisotopic (exact) mass is 288 g/mol. The second-order valence-electron chi connectivity index (χ2n) is 4.75. The Morgan fingerprint density at radius 1 is 1.00 bits per heavy atom. The summed E-state index contributed by atoms with van der Waals surface area (Å²) < 4.78 is 0. The van der Waals surface area contributed by atoms with Gasteiger partial charge in [0.1, 0.15) is 0 Å². The molecule has 0 aliphatic heterocycles. The number of carbonyl (C=O) groups is 1. The van der Waals surface area contributed by atoms with Crippen LogP contribution in [-0.4, -0.2) is 43.8 Å². The lowest BCUT2D eigenvalue weighted by Crippen LogP contribution is -2.05. The molecule has 0 spiro atoms. The Balaban J connectivity index is 0.000000222. The molecule has 0 radical (unpaired) electrons. The summed E-state index contributed by atoms with van der Waals surface area (Å²) in [5.74, 6) is 0.361. The first kappa shape index (κ1) is 16.5. The number of H-pyrrole nitrogens is 2. The first-order chi connectivity index (χ1) is 10.0. The van der Waals surface area contributed by atoms with E-state index in [2.05, 4.69) is 35.9 Å². The molecule has 0 fully saturated rings. The molecule has 7 heteroatoms. The number of aliphatic imine (C=N–C) groups is 2. The van der Waals surface area contributed by atoms with Gasteiger partial charge in [0.15, 0.2) is 11.6 Å². The Morgan fingerprint density at radius 2 is 1.43 bits per heavy atom. The number of imidazole rings is 2. The number of aromatic amines is 2. The van der Waals surface area contributed by atoms with Crippen LogP contribution in [0.25, 0.3) is 0 Å². The standard InChI is InChI=1S/C7H6N4O.C7H14N2/c12-5(6-8-1-2-9-6)7-10-3-4-11-7;1-6(2)8-5-9-7(3)4/h1-4H,(H,8,9)(H,10,11);6-7H,1-4H3. The third-order valence-corrected chi connectivity index (χ3v) is 2.06. The van der Waals surface area contributed by atoms with Gasteiger partial charge in [0.25, 0.3) is 5.78 Å². The molecule has 0 saturated carbocycles. The Bertz CT molecular complexity index is 529. The minimum absolute atomic E-state index is 0.231. The quantitative estimate of drug-likeness (QED) is 0.667. The van der Waals surface area contributed by atoms with Gasteiger partial charge in [0, 0.05) is 24.8 Å². The zero-order chi connectivity index (χ0) is 15.7. The molecule has 0 unspecified atom stereocenters. The highest BCUT2D eigenvalue weighted by atomic mass is 16.1. The molecule has 112 valence electrons. The molecular formula is C14H20N6O. The molecule has 0 aliphatic rings. The van der Waals surface area contributed by atoms with Crippen molar-refractivity contribution in [2.24, 2.45) is 9.98 Å². The van der Waals surface area contributed by atoms with E-state index < -0.39 is 0 Å². The van der Waals surface area contributed by atoms with Crippen molar-refractivity contribution in [1.82, 2.24) is 19.9 Å². The van der Waals surface area contributed by atoms with Crippen molar-refractivity contribution in [2.75, 3.05) is 0 Å². The van der Waals surface area contributed by atoms with Gasteiger partial charge in [-0.2, -0.15) is 0 Å². The van der Waals surface area contributed by atoms with Crippen LogP contribution in [0.4, 0.5) is 0 Å². The number of carbonyl (C=O) groups excluding carboxylic acids is 1. The van der Waals surface area contributed by atoms with Crippen LogP contribution in [-0.2, 0) is 0 Å². The molecule has 2 aromatic heterocycles. The molecule has 0 amide bonds. The minimum Gasteiger partial charge on any atom is -0.342 e. The van der Waals surface area contributed by atoms with E-state index in [-0.39, 0.29) is 5.78 Å². The second-order valence-corrected chi connectivity index (χ2v) is 4.75. The first-order valence-electron chi connectivity index (χ1n) is 6.68. The molecule has 0 atom stereocenters. The zero-order valence-electron chi connectivity index (χ0n) is 12.7. The van der Waals surface area contributed by atoms with Crippen molar-refractivity contribution < 1.29 is 4.79 Å². The minimum atomic E-state index is -0.231. The molecule has 2 rings (SSSR count). The van der Waals surface area contributed by atoms with Gasteiger partial charge >= 0.3 is 0 Å². The summed E-state index contributed by atoms with van der Waals surface area (Å²) in [6.07, 6.45) is 6.23. The normalized spacial score (nSPS) is 9.81. The van der Waals surface area contributed by atoms with Crippen molar-refractivity contribution >= 4 is 11.8 Å². The molecule has 0 bridgehead atoms. The predicted octanol–water partition coefficient (Wildman–Crippen LogP) is 2.34. The summed E-state index contributed by atoms with van der Waals surface area (Å²) in [5.41, 5.74) is 0. The number of ketones is 1. The molecule has 2 N–H and O–H groups in total. The molecule has 0 saturated heterocycles. The van der Waals surface area contributed by atoms with E-state index in [0.29, 0.717) is 23.7 Å². The molecule has 0 aliphatic carbocycles. The molecule has 7 nitrogen and oxygen atoms in total. The van der Waals surface area contributed by atoms with E-state index in [1.807, 2.05) is 27.7 Å². The van der Waals surface area contributed by atoms with E-state index >= 15 is 0 Å². The van der Waals surface area contributed by atoms with Gasteiger partial charge in [-0.1, -0.05) is 0 Å². The second kappa shape index (κ2) is 8.60. The van der Waals surface area contributed by atoms with E-state index in [1.54, 1.807) is 12.4 Å². The summed E-state index contributed by atoms with van der Waals surface area (Å²) in [5, 5.41) is 0. The number of aromatic nitrogens is 4. The van der Waals surface area contributed by atoms with Gasteiger partial charge < -0.3 is 9.97 Å². The van der Waals surface area contributed by atoms with Crippen LogP contribution in [0, 0.1) is 0 Å². The predicted molar refractivity (Wildman–Crippen MR) is 80.7 cm³/mol. The van der Waals surface area contributed by atoms with Crippen LogP contribution in [0.2, 0.25) is 0 Å². The van der Waals surface area contributed by atoms with Gasteiger partial charge in [-0.25, -0.2) is 20.0 Å². The third-order valence-electron chi connectivity index (χ3n) is 2.06. The van der Waals surface area contributed by atoms with Crippen molar-refractivity contribution in [3.05, 3.63) is 36.4 Å². The van der Waals surface area contributed by atoms with Gasteiger partial charge in [-0.3, -0.25) is 4.79 Å². The van der Waals surface area contributed by atoms with Gasteiger partial charge in [0.2, 0.25) is 0 Å². The van der Waals surface area contributed by atoms with Crippen LogP contribution >= 0.6 is 0 Å². The largest absolute Gasteiger partial charge is 0.342 e. The summed E-state index contributed by atoms with van der Waals surface area (Å²) in [7, 11) is 0. The van der Waals surface area contributed by atoms with Crippen LogP contribution in [0.15, 0.2) is 34.8 Å². The number of nitrogens with one attached hydrogen (secondary N) is 2. The van der Waals surface area contributed by atoms with Crippen LogP contribution < -0.4 is 0 Å². The van der Waals surface area contributed by atoms with Crippen molar-refractivity contribution in [3.8, 4) is 0 Å². The van der Waals surface area contributed by atoms with Gasteiger partial charge in [-0.05, 0) is 27.7 Å². The first-order valence-corrected chi connectivity index (χ1v) is 6.68. The Morgan fingerprint density at radius 3 is 1.71 bits per heavy atom. The maximum atomic E-state index is 11.4. The summed E-state index contributed by atoms with van der Waals surface area (Å²) in [6.45, 7) is 8.01. The lowest BCUT2D eigenvalue weighted by molar-refractivity contribution is 0.102. The van der Waals surface area contributed by atoms with E-state index in [9.17, 15) is 4.79 Å². The third kappa shape index (κ3) is 6.44. The Hall–Kier alpha value is -2.53. The summed E-state index contributed by atoms with van der Waals surface area (Å²) in [6, 6.07) is 3.26. The fraction of sp³-hybridized carbons (Fsp3) is 0.429. The molecule has 0 aromatic carbocycles. The van der Waals surface area contributed by atoms with E-state index in [0.717, 1.165) is 0 Å². The number of hydrogen-bond acceptors (Lipinski definition) is 5. The zero-order valence-corrected chi connectivity index (χ0v) is 12.7. The Labute approximate surface area is 123 Å². The fourth-order valence-electron chi connectivity index (χ4n) is 1.16. The lowest BCUT2D eigenvalue weighted by atomic mass is 10.3. The topological polar surface area (TPSA) is 99.2 Å².